The zero-order valence-corrected chi connectivity index (χ0v) is 17.0. The Morgan fingerprint density at radius 3 is 2.61 bits per heavy atom. The van der Waals surface area contributed by atoms with Gasteiger partial charge in [-0.25, -0.2) is 8.42 Å². The zero-order valence-electron chi connectivity index (χ0n) is 16.2. The Morgan fingerprint density at radius 2 is 1.93 bits per heavy atom. The lowest BCUT2D eigenvalue weighted by Gasteiger charge is -2.43. The molecule has 0 unspecified atom stereocenters. The molecule has 1 amide bonds. The van der Waals surface area contributed by atoms with Crippen molar-refractivity contribution in [3.05, 3.63) is 30.3 Å². The van der Waals surface area contributed by atoms with E-state index in [-0.39, 0.29) is 43.1 Å². The van der Waals surface area contributed by atoms with Crippen LogP contribution in [-0.4, -0.2) is 86.8 Å². The van der Waals surface area contributed by atoms with Crippen molar-refractivity contribution in [2.75, 3.05) is 33.9 Å². The number of amides is 1. The van der Waals surface area contributed by atoms with Crippen LogP contribution in [-0.2, 0) is 24.3 Å². The van der Waals surface area contributed by atoms with Crippen molar-refractivity contribution in [2.45, 2.75) is 48.5 Å². The molecule has 1 aromatic rings. The summed E-state index contributed by atoms with van der Waals surface area (Å²) in [6.45, 7) is 0.160. The molecule has 2 fully saturated rings. The van der Waals surface area contributed by atoms with Crippen LogP contribution in [0.5, 0.6) is 0 Å². The molecule has 8 nitrogen and oxygen atoms in total. The van der Waals surface area contributed by atoms with Crippen LogP contribution < -0.4 is 0 Å². The summed E-state index contributed by atoms with van der Waals surface area (Å²) in [4.78, 5) is 13.7. The number of carbonyl (C=O) groups is 1. The van der Waals surface area contributed by atoms with E-state index in [9.17, 15) is 18.3 Å². The predicted octanol–water partition coefficient (Wildman–Crippen LogP) is 0.463. The fourth-order valence-corrected chi connectivity index (χ4v) is 5.41. The average molecular weight is 413 g/mol. The van der Waals surface area contributed by atoms with E-state index in [1.165, 1.54) is 9.21 Å². The van der Waals surface area contributed by atoms with Crippen LogP contribution in [0.25, 0.3) is 0 Å². The van der Waals surface area contributed by atoms with Crippen LogP contribution in [0.1, 0.15) is 19.3 Å². The first-order valence-corrected chi connectivity index (χ1v) is 10.9. The third kappa shape index (κ3) is 4.72. The van der Waals surface area contributed by atoms with Crippen molar-refractivity contribution in [1.82, 2.24) is 9.21 Å². The molecule has 0 bridgehead atoms. The van der Waals surface area contributed by atoms with E-state index in [1.54, 1.807) is 44.4 Å². The Bertz CT molecular complexity index is 770. The normalized spacial score (nSPS) is 29.4. The monoisotopic (exact) mass is 412 g/mol. The summed E-state index contributed by atoms with van der Waals surface area (Å²) >= 11 is 0. The van der Waals surface area contributed by atoms with E-state index in [2.05, 4.69) is 0 Å². The first-order valence-electron chi connectivity index (χ1n) is 9.47. The van der Waals surface area contributed by atoms with Gasteiger partial charge in [0, 0.05) is 20.6 Å². The number of aliphatic hydroxyl groups is 1. The van der Waals surface area contributed by atoms with Crippen molar-refractivity contribution >= 4 is 15.9 Å². The van der Waals surface area contributed by atoms with Gasteiger partial charge in [0.05, 0.1) is 48.9 Å². The van der Waals surface area contributed by atoms with E-state index in [0.717, 1.165) is 0 Å². The van der Waals surface area contributed by atoms with Gasteiger partial charge in [0.25, 0.3) is 0 Å². The largest absolute Gasteiger partial charge is 0.389 e. The number of hydrogen-bond acceptors (Lipinski definition) is 6. The van der Waals surface area contributed by atoms with Gasteiger partial charge in [-0.1, -0.05) is 18.2 Å². The van der Waals surface area contributed by atoms with Crippen LogP contribution in [0.4, 0.5) is 0 Å². The topological polar surface area (TPSA) is 96.4 Å². The lowest BCUT2D eigenvalue weighted by molar-refractivity contribution is -0.150. The third-order valence-electron chi connectivity index (χ3n) is 5.18. The van der Waals surface area contributed by atoms with Gasteiger partial charge in [-0.2, -0.15) is 4.31 Å². The maximum atomic E-state index is 13.3. The summed E-state index contributed by atoms with van der Waals surface area (Å²) in [5.74, 6) is -0.0283. The number of nitrogens with zero attached hydrogens (tertiary/aromatic N) is 2. The maximum Gasteiger partial charge on any atom is 0.243 e. The van der Waals surface area contributed by atoms with E-state index in [1.807, 2.05) is 0 Å². The van der Waals surface area contributed by atoms with Crippen molar-refractivity contribution in [3.8, 4) is 0 Å². The molecule has 9 heteroatoms. The molecule has 0 saturated carbocycles. The van der Waals surface area contributed by atoms with Gasteiger partial charge in [0.2, 0.25) is 15.9 Å². The highest BCUT2D eigenvalue weighted by atomic mass is 32.2. The molecule has 0 aromatic heterocycles. The molecule has 1 N–H and O–H groups in total. The number of ether oxygens (including phenoxy) is 2. The number of carbonyl (C=O) groups excluding carboxylic acids is 1. The minimum absolute atomic E-state index is 0.0283. The second-order valence-corrected chi connectivity index (χ2v) is 9.40. The SMILES string of the molecule is CN(C)C(=O)C[C@@H]1CC[C@H]2[C@@H](COC[C@H](O)CN2S(=O)(=O)c2ccccc2)O1. The van der Waals surface area contributed by atoms with E-state index < -0.39 is 28.3 Å². The van der Waals surface area contributed by atoms with Gasteiger partial charge >= 0.3 is 0 Å². The highest BCUT2D eigenvalue weighted by Crippen LogP contribution is 2.31. The van der Waals surface area contributed by atoms with Crippen LogP contribution in [0.3, 0.4) is 0 Å². The molecule has 0 radical (unpaired) electrons. The Morgan fingerprint density at radius 1 is 1.21 bits per heavy atom. The highest BCUT2D eigenvalue weighted by molar-refractivity contribution is 7.89. The molecule has 28 heavy (non-hydrogen) atoms. The van der Waals surface area contributed by atoms with Crippen LogP contribution in [0, 0.1) is 0 Å². The summed E-state index contributed by atoms with van der Waals surface area (Å²) in [5, 5.41) is 10.2. The van der Waals surface area contributed by atoms with Gasteiger partial charge < -0.3 is 19.5 Å². The molecule has 156 valence electrons. The van der Waals surface area contributed by atoms with E-state index in [0.29, 0.717) is 12.8 Å². The van der Waals surface area contributed by atoms with Crippen LogP contribution in [0.2, 0.25) is 0 Å². The molecule has 3 rings (SSSR count). The standard InChI is InChI=1S/C19H28N2O6S/c1-20(2)19(23)10-15-8-9-17-18(27-15)13-26-12-14(22)11-21(17)28(24,25)16-6-4-3-5-7-16/h3-7,14-15,17-18,22H,8-13H2,1-2H3/t14-,15+,17+,18-/m1/s1. The summed E-state index contributed by atoms with van der Waals surface area (Å²) in [6.07, 6.45) is -0.308. The molecule has 2 heterocycles. The molecule has 2 saturated heterocycles. The van der Waals surface area contributed by atoms with Gasteiger partial charge in [-0.3, -0.25) is 4.79 Å². The minimum Gasteiger partial charge on any atom is -0.389 e. The average Bonchev–Trinajstić information content (AvgIpc) is 2.65. The van der Waals surface area contributed by atoms with Crippen molar-refractivity contribution in [3.63, 3.8) is 0 Å². The Hall–Kier alpha value is -1.52. The minimum atomic E-state index is -3.80. The fraction of sp³-hybridized carbons (Fsp3) is 0.632. The predicted molar refractivity (Wildman–Crippen MR) is 102 cm³/mol. The quantitative estimate of drug-likeness (QED) is 0.772. The number of sulfonamides is 1. The molecular formula is C19H28N2O6S. The first-order chi connectivity index (χ1) is 13.3. The smallest absolute Gasteiger partial charge is 0.243 e. The van der Waals surface area contributed by atoms with E-state index >= 15 is 0 Å². The number of rotatable bonds is 4. The molecule has 4 atom stereocenters. The van der Waals surface area contributed by atoms with Crippen LogP contribution >= 0.6 is 0 Å². The number of β-amino-alcohol motifs (C(OH)–C–C–N with tert-alkyl or cyclic N) is 1. The van der Waals surface area contributed by atoms with Gasteiger partial charge in [0.15, 0.2) is 0 Å². The molecule has 1 aromatic carbocycles. The lowest BCUT2D eigenvalue weighted by Crippen LogP contribution is -2.57. The number of fused-ring (bicyclic) bond motifs is 1. The molecule has 2 aliphatic heterocycles. The second kappa shape index (κ2) is 8.87. The first kappa shape index (κ1) is 21.2. The summed E-state index contributed by atoms with van der Waals surface area (Å²) in [5.41, 5.74) is 0. The third-order valence-corrected chi connectivity index (χ3v) is 7.09. The van der Waals surface area contributed by atoms with Crippen molar-refractivity contribution < 1.29 is 27.8 Å². The molecule has 0 aliphatic carbocycles. The Balaban J connectivity index is 1.83. The number of benzene rings is 1. The Labute approximate surface area is 166 Å². The zero-order chi connectivity index (χ0) is 20.3. The van der Waals surface area contributed by atoms with Gasteiger partial charge in [-0.15, -0.1) is 0 Å². The van der Waals surface area contributed by atoms with Crippen molar-refractivity contribution in [1.29, 1.82) is 0 Å². The Kier molecular flexibility index (Phi) is 6.72. The highest BCUT2D eigenvalue weighted by Gasteiger charge is 2.43. The molecular weight excluding hydrogens is 384 g/mol. The number of hydrogen-bond donors (Lipinski definition) is 1. The van der Waals surface area contributed by atoms with Gasteiger partial charge in [-0.05, 0) is 25.0 Å². The van der Waals surface area contributed by atoms with Crippen LogP contribution in [0.15, 0.2) is 35.2 Å². The maximum absolute atomic E-state index is 13.3. The summed E-state index contributed by atoms with van der Waals surface area (Å²) in [7, 11) is -0.403. The second-order valence-electron chi connectivity index (χ2n) is 7.51. The fourth-order valence-electron chi connectivity index (χ4n) is 3.68. The van der Waals surface area contributed by atoms with E-state index in [4.69, 9.17) is 9.47 Å². The van der Waals surface area contributed by atoms with Gasteiger partial charge in [0.1, 0.15) is 0 Å². The summed E-state index contributed by atoms with van der Waals surface area (Å²) in [6, 6.07) is 7.75. The molecule has 2 aliphatic rings. The molecule has 0 spiro atoms. The number of aliphatic hydroxyl groups excluding tert-OH is 1. The summed E-state index contributed by atoms with van der Waals surface area (Å²) < 4.78 is 39.5. The van der Waals surface area contributed by atoms with Crippen molar-refractivity contribution in [2.24, 2.45) is 0 Å². The lowest BCUT2D eigenvalue weighted by atomic mass is 9.96.